The number of nitrogens with zero attached hydrogens (tertiary/aromatic N) is 1. The maximum atomic E-state index is 14.5. The van der Waals surface area contributed by atoms with E-state index in [2.05, 4.69) is 17.6 Å². The summed E-state index contributed by atoms with van der Waals surface area (Å²) in [5.74, 6) is -0.431. The highest BCUT2D eigenvalue weighted by atomic mass is 16.6. The van der Waals surface area contributed by atoms with E-state index in [4.69, 9.17) is 4.74 Å². The Hall–Kier alpha value is -3.35. The predicted octanol–water partition coefficient (Wildman–Crippen LogP) is 8.42. The number of hydrogen-bond donors (Lipinski definition) is 2. The fourth-order valence-corrected chi connectivity index (χ4v) is 5.27. The lowest BCUT2D eigenvalue weighted by Crippen LogP contribution is -2.53. The molecule has 2 unspecified atom stereocenters. The summed E-state index contributed by atoms with van der Waals surface area (Å²) in [6.45, 7) is 17.9. The Labute approximate surface area is 260 Å². The molecule has 2 atom stereocenters. The molecule has 0 aliphatic heterocycles. The molecule has 0 radical (unpaired) electrons. The second-order valence-electron chi connectivity index (χ2n) is 13.2. The minimum Gasteiger partial charge on any atom is -0.444 e. The zero-order valence-corrected chi connectivity index (χ0v) is 28.0. The number of benzene rings is 2. The fourth-order valence-electron chi connectivity index (χ4n) is 5.27. The molecule has 0 aromatic heterocycles. The van der Waals surface area contributed by atoms with Gasteiger partial charge < -0.3 is 20.3 Å². The number of carbonyl (C=O) groups excluding carboxylic acids is 3. The van der Waals surface area contributed by atoms with Crippen LogP contribution in [0.25, 0.3) is 0 Å². The van der Waals surface area contributed by atoms with Gasteiger partial charge in [0.05, 0.1) is 0 Å². The van der Waals surface area contributed by atoms with Crippen molar-refractivity contribution in [3.63, 3.8) is 0 Å². The normalized spacial score (nSPS) is 12.9. The van der Waals surface area contributed by atoms with E-state index in [9.17, 15) is 14.4 Å². The fraction of sp³-hybridized carbons (Fsp3) is 0.583. The van der Waals surface area contributed by atoms with Crippen molar-refractivity contribution in [1.29, 1.82) is 0 Å². The second-order valence-corrected chi connectivity index (χ2v) is 13.2. The van der Waals surface area contributed by atoms with Crippen LogP contribution < -0.4 is 10.6 Å². The van der Waals surface area contributed by atoms with Crippen LogP contribution >= 0.6 is 0 Å². The molecule has 2 aromatic carbocycles. The summed E-state index contributed by atoms with van der Waals surface area (Å²) in [6.07, 6.45) is 6.06. The first kappa shape index (κ1) is 35.8. The molecule has 0 fully saturated rings. The number of unbranched alkanes of at least 4 members (excludes halogenated alkanes) is 5. The van der Waals surface area contributed by atoms with Crippen LogP contribution in [-0.2, 0) is 14.3 Å². The molecule has 0 aliphatic carbocycles. The van der Waals surface area contributed by atoms with Crippen molar-refractivity contribution in [2.45, 2.75) is 125 Å². The third kappa shape index (κ3) is 12.0. The van der Waals surface area contributed by atoms with Crippen molar-refractivity contribution in [1.82, 2.24) is 10.2 Å². The van der Waals surface area contributed by atoms with Crippen molar-refractivity contribution in [3.05, 3.63) is 64.7 Å². The van der Waals surface area contributed by atoms with Gasteiger partial charge in [-0.25, -0.2) is 4.79 Å². The van der Waals surface area contributed by atoms with E-state index in [-0.39, 0.29) is 17.7 Å². The quantitative estimate of drug-likeness (QED) is 0.203. The molecule has 7 heteroatoms. The molecule has 3 amide bonds. The standard InChI is InChI=1S/C36H55N3O4/c1-10-11-12-13-14-17-22-39(34(41)31(23-25(2)3)38-35(42)43-36(7,8)9)32(29-21-20-26(4)24-28(29)6)33(40)37-30-19-16-15-18-27(30)5/h15-16,18-21,24-25,31-32H,10-14,17,22-23H2,1-9H3,(H,37,40)(H,38,42). The van der Waals surface area contributed by atoms with E-state index in [1.165, 1.54) is 6.42 Å². The van der Waals surface area contributed by atoms with Gasteiger partial charge in [0.2, 0.25) is 5.91 Å². The molecule has 0 aliphatic rings. The summed E-state index contributed by atoms with van der Waals surface area (Å²) >= 11 is 0. The molecule has 0 bridgehead atoms. The van der Waals surface area contributed by atoms with Gasteiger partial charge in [0, 0.05) is 12.2 Å². The highest BCUT2D eigenvalue weighted by Crippen LogP contribution is 2.29. The molecule has 0 heterocycles. The first-order valence-electron chi connectivity index (χ1n) is 16.0. The summed E-state index contributed by atoms with van der Waals surface area (Å²) in [5.41, 5.74) is 3.73. The Balaban J connectivity index is 2.57. The molecule has 0 spiro atoms. The number of alkyl carbamates (subject to hydrolysis) is 1. The monoisotopic (exact) mass is 593 g/mol. The number of carbonyl (C=O) groups is 3. The zero-order valence-electron chi connectivity index (χ0n) is 28.0. The second kappa shape index (κ2) is 17.1. The SMILES string of the molecule is CCCCCCCCN(C(=O)C(CC(C)C)NC(=O)OC(C)(C)C)C(C(=O)Nc1ccccc1C)c1ccc(C)cc1C. The van der Waals surface area contributed by atoms with Crippen LogP contribution in [0, 0.1) is 26.7 Å². The lowest BCUT2D eigenvalue weighted by Gasteiger charge is -2.35. The van der Waals surface area contributed by atoms with Crippen molar-refractivity contribution in [2.75, 3.05) is 11.9 Å². The van der Waals surface area contributed by atoms with Crippen molar-refractivity contribution < 1.29 is 19.1 Å². The molecular formula is C36H55N3O4. The van der Waals surface area contributed by atoms with Gasteiger partial charge >= 0.3 is 6.09 Å². The average molecular weight is 594 g/mol. The number of anilines is 1. The molecule has 2 rings (SSSR count). The smallest absolute Gasteiger partial charge is 0.408 e. The van der Waals surface area contributed by atoms with Crippen molar-refractivity contribution >= 4 is 23.6 Å². The van der Waals surface area contributed by atoms with Crippen molar-refractivity contribution in [3.8, 4) is 0 Å². The lowest BCUT2D eigenvalue weighted by molar-refractivity contribution is -0.141. The molecule has 2 aromatic rings. The number of ether oxygens (including phenoxy) is 1. The Morgan fingerprint density at radius 1 is 0.884 bits per heavy atom. The summed E-state index contributed by atoms with van der Waals surface area (Å²) < 4.78 is 5.53. The van der Waals surface area contributed by atoms with Crippen LogP contribution in [0.3, 0.4) is 0 Å². The Kier molecular flexibility index (Phi) is 14.2. The molecule has 0 saturated carbocycles. The largest absolute Gasteiger partial charge is 0.444 e. The molecule has 2 N–H and O–H groups in total. The van der Waals surface area contributed by atoms with Crippen LogP contribution in [0.5, 0.6) is 0 Å². The number of hydrogen-bond acceptors (Lipinski definition) is 4. The first-order chi connectivity index (χ1) is 20.2. The number of amides is 3. The third-order valence-electron chi connectivity index (χ3n) is 7.41. The van der Waals surface area contributed by atoms with Crippen LogP contribution in [0.15, 0.2) is 42.5 Å². The van der Waals surface area contributed by atoms with Crippen LogP contribution in [0.2, 0.25) is 0 Å². The minimum absolute atomic E-state index is 0.125. The van der Waals surface area contributed by atoms with E-state index in [0.29, 0.717) is 18.7 Å². The summed E-state index contributed by atoms with van der Waals surface area (Å²) in [7, 11) is 0. The summed E-state index contributed by atoms with van der Waals surface area (Å²) in [5, 5.41) is 5.96. The van der Waals surface area contributed by atoms with Gasteiger partial charge in [-0.15, -0.1) is 0 Å². The molecule has 238 valence electrons. The van der Waals surface area contributed by atoms with E-state index in [0.717, 1.165) is 54.4 Å². The topological polar surface area (TPSA) is 87.7 Å². The van der Waals surface area contributed by atoms with Crippen LogP contribution in [0.4, 0.5) is 10.5 Å². The summed E-state index contributed by atoms with van der Waals surface area (Å²) in [6, 6.07) is 11.9. The van der Waals surface area contributed by atoms with Gasteiger partial charge in [-0.05, 0) is 83.1 Å². The predicted molar refractivity (Wildman–Crippen MR) is 176 cm³/mol. The van der Waals surface area contributed by atoms with Gasteiger partial charge in [0.1, 0.15) is 17.7 Å². The van der Waals surface area contributed by atoms with E-state index >= 15 is 0 Å². The average Bonchev–Trinajstić information content (AvgIpc) is 2.90. The first-order valence-corrected chi connectivity index (χ1v) is 16.0. The van der Waals surface area contributed by atoms with E-state index in [1.807, 2.05) is 77.1 Å². The molecular weight excluding hydrogens is 538 g/mol. The molecule has 0 saturated heterocycles. The van der Waals surface area contributed by atoms with Gasteiger partial charge in [-0.1, -0.05) is 94.8 Å². The number of aryl methyl sites for hydroxylation is 3. The minimum atomic E-state index is -0.876. The third-order valence-corrected chi connectivity index (χ3v) is 7.41. The number of para-hydroxylation sites is 1. The summed E-state index contributed by atoms with van der Waals surface area (Å²) in [4.78, 5) is 43.4. The van der Waals surface area contributed by atoms with Crippen molar-refractivity contribution in [2.24, 2.45) is 5.92 Å². The Bertz CT molecular complexity index is 1200. The van der Waals surface area contributed by atoms with Crippen LogP contribution in [0.1, 0.15) is 115 Å². The van der Waals surface area contributed by atoms with Gasteiger partial charge in [0.25, 0.3) is 5.91 Å². The number of rotatable bonds is 15. The van der Waals surface area contributed by atoms with Gasteiger partial charge in [0.15, 0.2) is 0 Å². The molecule has 7 nitrogen and oxygen atoms in total. The number of nitrogens with one attached hydrogen (secondary N) is 2. The van der Waals surface area contributed by atoms with E-state index < -0.39 is 23.8 Å². The Morgan fingerprint density at radius 3 is 2.14 bits per heavy atom. The zero-order chi connectivity index (χ0) is 32.2. The highest BCUT2D eigenvalue weighted by Gasteiger charge is 2.37. The van der Waals surface area contributed by atoms with E-state index in [1.54, 1.807) is 25.7 Å². The molecule has 43 heavy (non-hydrogen) atoms. The highest BCUT2D eigenvalue weighted by molar-refractivity contribution is 5.99. The maximum Gasteiger partial charge on any atom is 0.408 e. The van der Waals surface area contributed by atoms with Gasteiger partial charge in [-0.2, -0.15) is 0 Å². The lowest BCUT2D eigenvalue weighted by atomic mass is 9.95. The Morgan fingerprint density at radius 2 is 1.53 bits per heavy atom. The maximum absolute atomic E-state index is 14.5. The van der Waals surface area contributed by atoms with Gasteiger partial charge in [-0.3, -0.25) is 9.59 Å². The van der Waals surface area contributed by atoms with Crippen LogP contribution in [-0.4, -0.2) is 41.0 Å².